The second kappa shape index (κ2) is 11.3. The number of hydrogen-bond acceptors (Lipinski definition) is 2. The number of nitrogens with one attached hydrogen (secondary N) is 2. The Bertz CT molecular complexity index is 1000. The molecule has 4 nitrogen and oxygen atoms in total. The normalized spacial score (nSPS) is 10.5. The van der Waals surface area contributed by atoms with Gasteiger partial charge < -0.3 is 9.97 Å². The number of halogens is 5. The van der Waals surface area contributed by atoms with Gasteiger partial charge in [0, 0.05) is 22.1 Å². The van der Waals surface area contributed by atoms with Crippen LogP contribution >= 0.6 is 62.0 Å². The lowest BCUT2D eigenvalue weighted by atomic mass is 10.3. The van der Waals surface area contributed by atoms with Crippen molar-refractivity contribution in [2.24, 2.45) is 0 Å². The zero-order valence-corrected chi connectivity index (χ0v) is 18.9. The number of H-pyrrole nitrogens is 2. The largest absolute Gasteiger partial charge is 0.355 e. The van der Waals surface area contributed by atoms with Gasteiger partial charge in [0.25, 0.3) is 0 Å². The average molecular weight is 493 g/mol. The highest BCUT2D eigenvalue weighted by Gasteiger charge is 2.00. The molecule has 0 saturated carbocycles. The van der Waals surface area contributed by atoms with E-state index in [0.29, 0.717) is 0 Å². The zero-order chi connectivity index (χ0) is 15.9. The first-order valence-corrected chi connectivity index (χ1v) is 7.85. The fraction of sp³-hybridized carbons (Fsp3) is 0. The van der Waals surface area contributed by atoms with Gasteiger partial charge in [0.1, 0.15) is 0 Å². The van der Waals surface area contributed by atoms with Gasteiger partial charge in [-0.2, -0.15) is 0 Å². The zero-order valence-electron chi connectivity index (χ0n) is 14.9. The molecule has 0 unspecified atom stereocenters. The first-order valence-electron chi connectivity index (χ1n) is 7.85. The molecule has 0 aliphatic carbocycles. The summed E-state index contributed by atoms with van der Waals surface area (Å²) in [6.45, 7) is 0. The first-order chi connectivity index (χ1) is 11.8. The van der Waals surface area contributed by atoms with Crippen molar-refractivity contribution in [3.63, 3.8) is 0 Å². The summed E-state index contributed by atoms with van der Waals surface area (Å²) in [7, 11) is 0. The Kier molecular flexibility index (Phi) is 10.5. The first kappa shape index (κ1) is 27.0. The molecular formula is C20H19Cl5N4. The van der Waals surface area contributed by atoms with E-state index in [1.165, 1.54) is 0 Å². The molecule has 8 bridgehead atoms. The van der Waals surface area contributed by atoms with E-state index >= 15 is 0 Å². The monoisotopic (exact) mass is 490 g/mol. The van der Waals surface area contributed by atoms with Crippen LogP contribution in [0.1, 0.15) is 22.8 Å². The number of nitrogens with zero attached hydrogens (tertiary/aromatic N) is 2. The molecule has 0 fully saturated rings. The number of hydrogen-bond donors (Lipinski definition) is 2. The van der Waals surface area contributed by atoms with E-state index in [2.05, 4.69) is 44.2 Å². The van der Waals surface area contributed by atoms with Crippen LogP contribution in [0, 0.1) is 0 Å². The van der Waals surface area contributed by atoms with E-state index in [1.54, 1.807) is 0 Å². The predicted octanol–water partition coefficient (Wildman–Crippen LogP) is 6.76. The van der Waals surface area contributed by atoms with Crippen LogP contribution in [0.3, 0.4) is 0 Å². The van der Waals surface area contributed by atoms with Gasteiger partial charge in [0.05, 0.1) is 22.8 Å². The summed E-state index contributed by atoms with van der Waals surface area (Å²) in [6, 6.07) is 16.4. The van der Waals surface area contributed by atoms with Crippen LogP contribution in [0.4, 0.5) is 0 Å². The smallest absolute Gasteiger partial charge is 0.0658 e. The highest BCUT2D eigenvalue weighted by atomic mass is 35.5. The lowest BCUT2D eigenvalue weighted by Crippen LogP contribution is -1.75. The topological polar surface area (TPSA) is 57.4 Å². The van der Waals surface area contributed by atoms with E-state index < -0.39 is 0 Å². The average Bonchev–Trinajstić information content (AvgIpc) is 3.32. The predicted molar refractivity (Wildman–Crippen MR) is 135 cm³/mol. The molecule has 5 rings (SSSR count). The lowest BCUT2D eigenvalue weighted by molar-refractivity contribution is 1.31. The van der Waals surface area contributed by atoms with Crippen LogP contribution in [0.2, 0.25) is 0 Å². The highest BCUT2D eigenvalue weighted by molar-refractivity contribution is 5.86. The molecule has 5 heterocycles. The summed E-state index contributed by atoms with van der Waals surface area (Å²) >= 11 is 0. The van der Waals surface area contributed by atoms with E-state index in [0.717, 1.165) is 44.8 Å². The van der Waals surface area contributed by atoms with E-state index in [9.17, 15) is 0 Å². The summed E-state index contributed by atoms with van der Waals surface area (Å²) in [6.07, 6.45) is 8.09. The Morgan fingerprint density at radius 2 is 0.655 bits per heavy atom. The molecule has 2 aliphatic rings. The summed E-state index contributed by atoms with van der Waals surface area (Å²) in [5.74, 6) is 0. The van der Waals surface area contributed by atoms with Crippen LogP contribution in [0.15, 0.2) is 48.5 Å². The van der Waals surface area contributed by atoms with Gasteiger partial charge in [-0.3, -0.25) is 0 Å². The third kappa shape index (κ3) is 6.01. The van der Waals surface area contributed by atoms with Gasteiger partial charge in [0.2, 0.25) is 0 Å². The maximum absolute atomic E-state index is 4.63. The summed E-state index contributed by atoms with van der Waals surface area (Å²) in [5.41, 5.74) is 7.86. The summed E-state index contributed by atoms with van der Waals surface area (Å²) in [4.78, 5) is 16.0. The molecule has 0 saturated heterocycles. The minimum Gasteiger partial charge on any atom is -0.355 e. The second-order valence-electron chi connectivity index (χ2n) is 5.91. The fourth-order valence-electron chi connectivity index (χ4n) is 2.94. The summed E-state index contributed by atoms with van der Waals surface area (Å²) < 4.78 is 0. The minimum atomic E-state index is 0. The molecule has 2 N–H and O–H groups in total. The van der Waals surface area contributed by atoms with E-state index in [4.69, 9.17) is 0 Å². The minimum absolute atomic E-state index is 0. The number of rotatable bonds is 0. The van der Waals surface area contributed by atoms with Crippen LogP contribution in [-0.4, -0.2) is 19.9 Å². The van der Waals surface area contributed by atoms with Gasteiger partial charge in [0.15, 0.2) is 0 Å². The Morgan fingerprint density at radius 3 is 0.897 bits per heavy atom. The van der Waals surface area contributed by atoms with Crippen molar-refractivity contribution < 1.29 is 0 Å². The van der Waals surface area contributed by atoms with Crippen molar-refractivity contribution in [3.05, 3.63) is 71.3 Å². The van der Waals surface area contributed by atoms with Gasteiger partial charge in [-0.05, 0) is 72.8 Å². The SMILES string of the molecule is C1=Cc2cc3ccc(cc4nc(cc5ccc(cc1n2)[nH]5)C=C4)[nH]3.Cl.Cl.Cl.Cl.Cl. The van der Waals surface area contributed by atoms with Crippen molar-refractivity contribution in [2.75, 3.05) is 0 Å². The molecule has 0 radical (unpaired) electrons. The van der Waals surface area contributed by atoms with Crippen LogP contribution in [-0.2, 0) is 0 Å². The second-order valence-corrected chi connectivity index (χ2v) is 5.91. The highest BCUT2D eigenvalue weighted by Crippen LogP contribution is 2.16. The Hall–Kier alpha value is -1.95. The maximum Gasteiger partial charge on any atom is 0.0658 e. The number of aromatic nitrogens is 4. The van der Waals surface area contributed by atoms with Gasteiger partial charge in [-0.15, -0.1) is 62.0 Å². The molecule has 0 atom stereocenters. The van der Waals surface area contributed by atoms with Crippen molar-refractivity contribution in [1.29, 1.82) is 0 Å². The third-order valence-corrected chi connectivity index (χ3v) is 4.04. The molecule has 9 heteroatoms. The molecule has 154 valence electrons. The van der Waals surface area contributed by atoms with Crippen LogP contribution in [0.25, 0.3) is 46.4 Å². The molecule has 2 aliphatic heterocycles. The lowest BCUT2D eigenvalue weighted by Gasteiger charge is -1.85. The van der Waals surface area contributed by atoms with Gasteiger partial charge in [-0.25, -0.2) is 9.97 Å². The molecule has 3 aromatic heterocycles. The van der Waals surface area contributed by atoms with Crippen LogP contribution in [0.5, 0.6) is 0 Å². The van der Waals surface area contributed by atoms with E-state index in [1.807, 2.05) is 48.6 Å². The molecule has 3 aromatic rings. The Morgan fingerprint density at radius 1 is 0.414 bits per heavy atom. The van der Waals surface area contributed by atoms with E-state index in [-0.39, 0.29) is 62.0 Å². The van der Waals surface area contributed by atoms with Crippen molar-refractivity contribution in [2.45, 2.75) is 0 Å². The fourth-order valence-corrected chi connectivity index (χ4v) is 2.94. The Balaban J connectivity index is 0.00000157. The molecular weight excluding hydrogens is 474 g/mol. The molecule has 29 heavy (non-hydrogen) atoms. The Labute approximate surface area is 199 Å². The van der Waals surface area contributed by atoms with Gasteiger partial charge in [-0.1, -0.05) is 0 Å². The third-order valence-electron chi connectivity index (χ3n) is 4.04. The van der Waals surface area contributed by atoms with Crippen molar-refractivity contribution in [1.82, 2.24) is 19.9 Å². The maximum atomic E-state index is 4.63. The molecule has 0 spiro atoms. The number of fused-ring (bicyclic) bond motifs is 8. The van der Waals surface area contributed by atoms with Crippen molar-refractivity contribution >= 4 is 108 Å². The summed E-state index contributed by atoms with van der Waals surface area (Å²) in [5, 5.41) is 0. The van der Waals surface area contributed by atoms with Crippen molar-refractivity contribution in [3.8, 4) is 0 Å². The standard InChI is InChI=1S/C20H14N4.5ClH/c1-2-14-10-16-5-6-18(23-16)12-20-8-7-19(24-20)11-17-4-3-15(22-17)9-13(1)21-14;;;;;/h1-12,21,24H;5*1H. The van der Waals surface area contributed by atoms with Gasteiger partial charge >= 0.3 is 0 Å². The van der Waals surface area contributed by atoms with Crippen LogP contribution < -0.4 is 0 Å². The molecule has 0 amide bonds. The quantitative estimate of drug-likeness (QED) is 0.251. The molecule has 0 aromatic carbocycles. The number of aromatic amines is 2.